The van der Waals surface area contributed by atoms with Crippen LogP contribution in [0.5, 0.6) is 11.5 Å². The molecule has 1 amide bonds. The average molecular weight is 507 g/mol. The van der Waals surface area contributed by atoms with E-state index >= 15 is 0 Å². The molecule has 0 radical (unpaired) electrons. The maximum absolute atomic E-state index is 12.4. The molecule has 3 aromatic rings. The molecule has 188 valence electrons. The highest BCUT2D eigenvalue weighted by Gasteiger charge is 2.36. The fraction of sp³-hybridized carbons (Fsp3) is 0.393. The normalized spacial score (nSPS) is 17.6. The van der Waals surface area contributed by atoms with Crippen LogP contribution in [0.3, 0.4) is 0 Å². The molecule has 8 heteroatoms. The fourth-order valence-electron chi connectivity index (χ4n) is 4.12. The van der Waals surface area contributed by atoms with Gasteiger partial charge in [0.15, 0.2) is 0 Å². The van der Waals surface area contributed by atoms with Crippen LogP contribution in [0.4, 0.5) is 4.79 Å². The van der Waals surface area contributed by atoms with Gasteiger partial charge >= 0.3 is 12.1 Å². The zero-order valence-corrected chi connectivity index (χ0v) is 21.8. The Bertz CT molecular complexity index is 1290. The summed E-state index contributed by atoms with van der Waals surface area (Å²) in [6, 6.07) is 16.7. The molecule has 4 rings (SSSR count). The van der Waals surface area contributed by atoms with E-state index < -0.39 is 5.60 Å². The largest absolute Gasteiger partial charge is 0.489 e. The van der Waals surface area contributed by atoms with Crippen LogP contribution in [0.2, 0.25) is 0 Å². The maximum Gasteiger partial charge on any atom is 0.410 e. The number of nitriles is 1. The van der Waals surface area contributed by atoms with Crippen molar-refractivity contribution in [3.8, 4) is 17.6 Å². The Balaban J connectivity index is 1.26. The lowest BCUT2D eigenvalue weighted by molar-refractivity contribution is -0.134. The van der Waals surface area contributed by atoms with Gasteiger partial charge in [-0.05, 0) is 88.0 Å². The van der Waals surface area contributed by atoms with E-state index in [2.05, 4.69) is 6.07 Å². The number of aryl methyl sites for hydroxylation is 1. The molecular formula is C28H30N2O5S. The Morgan fingerprint density at radius 1 is 1.11 bits per heavy atom. The number of ether oxygens (including phenoxy) is 3. The van der Waals surface area contributed by atoms with Crippen LogP contribution in [0.25, 0.3) is 10.1 Å². The quantitative estimate of drug-likeness (QED) is 0.297. The Hall–Kier alpha value is -3.57. The van der Waals surface area contributed by atoms with Crippen LogP contribution in [0, 0.1) is 11.3 Å². The lowest BCUT2D eigenvalue weighted by atomic mass is 10.1. The number of hydrogen-bond donors (Lipinski definition) is 0. The van der Waals surface area contributed by atoms with Crippen molar-refractivity contribution in [2.75, 3.05) is 6.54 Å². The van der Waals surface area contributed by atoms with Crippen molar-refractivity contribution in [1.82, 2.24) is 4.90 Å². The van der Waals surface area contributed by atoms with Gasteiger partial charge in [-0.2, -0.15) is 5.26 Å². The van der Waals surface area contributed by atoms with Crippen LogP contribution in [-0.2, 0) is 16.0 Å². The van der Waals surface area contributed by atoms with Crippen molar-refractivity contribution in [2.24, 2.45) is 0 Å². The Morgan fingerprint density at radius 3 is 2.53 bits per heavy atom. The molecule has 2 heterocycles. The highest BCUT2D eigenvalue weighted by molar-refractivity contribution is 7.19. The number of carbonyl (C=O) groups is 2. The summed E-state index contributed by atoms with van der Waals surface area (Å²) in [5, 5.41) is 10.1. The number of carbonyl (C=O) groups excluding carboxylic acids is 2. The minimum Gasteiger partial charge on any atom is -0.489 e. The SMILES string of the molecule is C[C@@H]1C[C@H](Oc2ccc(OC(=O)CCc3cc4cc(C#N)ccc4s3)cc2)CN1C(=O)OC(C)(C)C. The molecule has 0 bridgehead atoms. The number of benzene rings is 2. The lowest BCUT2D eigenvalue weighted by Crippen LogP contribution is -2.39. The Labute approximate surface area is 215 Å². The minimum absolute atomic E-state index is 0.0272. The molecule has 0 saturated carbocycles. The van der Waals surface area contributed by atoms with E-state index in [4.69, 9.17) is 19.5 Å². The van der Waals surface area contributed by atoms with Crippen molar-refractivity contribution >= 4 is 33.5 Å². The van der Waals surface area contributed by atoms with Gasteiger partial charge in [0.1, 0.15) is 23.2 Å². The van der Waals surface area contributed by atoms with Gasteiger partial charge in [0.2, 0.25) is 0 Å². The topological polar surface area (TPSA) is 88.9 Å². The molecule has 1 aliphatic heterocycles. The molecule has 0 spiro atoms. The van der Waals surface area contributed by atoms with Crippen molar-refractivity contribution < 1.29 is 23.8 Å². The molecule has 1 fully saturated rings. The van der Waals surface area contributed by atoms with Crippen molar-refractivity contribution in [3.05, 3.63) is 59.0 Å². The van der Waals surface area contributed by atoms with Gasteiger partial charge in [0.05, 0.1) is 24.6 Å². The summed E-state index contributed by atoms with van der Waals surface area (Å²) >= 11 is 1.62. The van der Waals surface area contributed by atoms with E-state index in [0.29, 0.717) is 36.4 Å². The predicted octanol–water partition coefficient (Wildman–Crippen LogP) is 6.09. The molecule has 0 aliphatic carbocycles. The van der Waals surface area contributed by atoms with E-state index in [1.807, 2.05) is 45.9 Å². The third kappa shape index (κ3) is 6.55. The van der Waals surface area contributed by atoms with E-state index in [1.54, 1.807) is 46.6 Å². The summed E-state index contributed by atoms with van der Waals surface area (Å²) in [4.78, 5) is 27.6. The number of nitrogens with zero attached hydrogens (tertiary/aromatic N) is 2. The van der Waals surface area contributed by atoms with Crippen LogP contribution in [0.15, 0.2) is 48.5 Å². The Morgan fingerprint density at radius 2 is 1.83 bits per heavy atom. The van der Waals surface area contributed by atoms with Gasteiger partial charge in [0, 0.05) is 22.0 Å². The van der Waals surface area contributed by atoms with Crippen LogP contribution < -0.4 is 9.47 Å². The molecule has 1 aromatic heterocycles. The van der Waals surface area contributed by atoms with Gasteiger partial charge < -0.3 is 19.1 Å². The predicted molar refractivity (Wildman–Crippen MR) is 138 cm³/mol. The fourth-order valence-corrected chi connectivity index (χ4v) is 5.16. The number of esters is 1. The molecule has 1 saturated heterocycles. The van der Waals surface area contributed by atoms with Crippen molar-refractivity contribution in [2.45, 2.75) is 64.7 Å². The van der Waals surface area contributed by atoms with Gasteiger partial charge in [-0.25, -0.2) is 4.79 Å². The Kier molecular flexibility index (Phi) is 7.51. The average Bonchev–Trinajstić information content (AvgIpc) is 3.40. The number of rotatable bonds is 6. The molecule has 2 aromatic carbocycles. The third-order valence-corrected chi connectivity index (χ3v) is 6.97. The second-order valence-electron chi connectivity index (χ2n) is 9.98. The summed E-state index contributed by atoms with van der Waals surface area (Å²) in [6.45, 7) is 8.00. The number of fused-ring (bicyclic) bond motifs is 1. The van der Waals surface area contributed by atoms with E-state index in [1.165, 1.54) is 0 Å². The van der Waals surface area contributed by atoms with Crippen molar-refractivity contribution in [3.63, 3.8) is 0 Å². The minimum atomic E-state index is -0.539. The van der Waals surface area contributed by atoms with Gasteiger partial charge in [-0.15, -0.1) is 11.3 Å². The summed E-state index contributed by atoms with van der Waals surface area (Å²) < 4.78 is 18.1. The maximum atomic E-state index is 12.4. The highest BCUT2D eigenvalue weighted by Crippen LogP contribution is 2.28. The molecule has 0 N–H and O–H groups in total. The van der Waals surface area contributed by atoms with Gasteiger partial charge in [-0.3, -0.25) is 4.79 Å². The first-order valence-corrected chi connectivity index (χ1v) is 12.8. The number of hydrogen-bond acceptors (Lipinski definition) is 7. The van der Waals surface area contributed by atoms with E-state index in [-0.39, 0.29) is 30.6 Å². The number of thiophene rings is 1. The number of likely N-dealkylation sites (tertiary alicyclic amines) is 1. The first-order chi connectivity index (χ1) is 17.1. The second-order valence-corrected chi connectivity index (χ2v) is 11.1. The molecular weight excluding hydrogens is 476 g/mol. The first-order valence-electron chi connectivity index (χ1n) is 12.0. The smallest absolute Gasteiger partial charge is 0.410 e. The zero-order chi connectivity index (χ0) is 25.9. The second kappa shape index (κ2) is 10.6. The van der Waals surface area contributed by atoms with E-state index in [9.17, 15) is 9.59 Å². The standard InChI is InChI=1S/C28H30N2O5S/c1-18-13-23(17-30(18)27(32)35-28(2,3)4)33-21-6-8-22(9-7-21)34-26(31)12-10-24-15-20-14-19(16-29)5-11-25(20)36-24/h5-9,11,14-15,18,23H,10,12-13,17H2,1-4H3/t18-,23+/m1/s1. The third-order valence-electron chi connectivity index (χ3n) is 5.79. The summed E-state index contributed by atoms with van der Waals surface area (Å²) in [5.41, 5.74) is 0.0877. The van der Waals surface area contributed by atoms with Crippen LogP contribution in [-0.4, -0.2) is 41.3 Å². The van der Waals surface area contributed by atoms with Gasteiger partial charge in [-0.1, -0.05) is 0 Å². The number of amides is 1. The van der Waals surface area contributed by atoms with Crippen LogP contribution >= 0.6 is 11.3 Å². The summed E-state index contributed by atoms with van der Waals surface area (Å²) in [6.07, 6.45) is 1.09. The first kappa shape index (κ1) is 25.5. The highest BCUT2D eigenvalue weighted by atomic mass is 32.1. The lowest BCUT2D eigenvalue weighted by Gasteiger charge is -2.26. The summed E-state index contributed by atoms with van der Waals surface area (Å²) in [5.74, 6) is 0.800. The monoisotopic (exact) mass is 506 g/mol. The van der Waals surface area contributed by atoms with Crippen LogP contribution in [0.1, 0.15) is 51.0 Å². The van der Waals surface area contributed by atoms with E-state index in [0.717, 1.165) is 15.0 Å². The van der Waals surface area contributed by atoms with Gasteiger partial charge in [0.25, 0.3) is 0 Å². The molecule has 36 heavy (non-hydrogen) atoms. The molecule has 0 unspecified atom stereocenters. The molecule has 7 nitrogen and oxygen atoms in total. The molecule has 2 atom stereocenters. The molecule has 1 aliphatic rings. The van der Waals surface area contributed by atoms with Crippen molar-refractivity contribution in [1.29, 1.82) is 5.26 Å². The zero-order valence-electron chi connectivity index (χ0n) is 20.9. The summed E-state index contributed by atoms with van der Waals surface area (Å²) in [7, 11) is 0.